The van der Waals surface area contributed by atoms with Crippen molar-refractivity contribution in [3.8, 4) is 0 Å². The van der Waals surface area contributed by atoms with Gasteiger partial charge in [0.15, 0.2) is 0 Å². The molecule has 1 aromatic heterocycles. The average molecular weight is 275 g/mol. The van der Waals surface area contributed by atoms with Gasteiger partial charge in [0.1, 0.15) is 5.69 Å². The normalized spacial score (nSPS) is 20.6. The van der Waals surface area contributed by atoms with Gasteiger partial charge in [-0.15, -0.1) is 0 Å². The number of hydrogen-bond donors (Lipinski definition) is 1. The molecule has 0 saturated carbocycles. The Morgan fingerprint density at radius 1 is 1.35 bits per heavy atom. The van der Waals surface area contributed by atoms with Gasteiger partial charge >= 0.3 is 0 Å². The van der Waals surface area contributed by atoms with Crippen LogP contribution >= 0.6 is 0 Å². The first-order valence-electron chi connectivity index (χ1n) is 7.39. The Morgan fingerprint density at radius 3 is 2.75 bits per heavy atom. The summed E-state index contributed by atoms with van der Waals surface area (Å²) in [4.78, 5) is 18.5. The van der Waals surface area contributed by atoms with Gasteiger partial charge in [0, 0.05) is 25.0 Å². The Hall–Kier alpha value is -1.58. The predicted octanol–water partition coefficient (Wildman–Crippen LogP) is 2.95. The smallest absolute Gasteiger partial charge is 0.272 e. The Balaban J connectivity index is 2.05. The zero-order valence-corrected chi connectivity index (χ0v) is 12.7. The second-order valence-electron chi connectivity index (χ2n) is 6.76. The van der Waals surface area contributed by atoms with Crippen LogP contribution in [-0.2, 0) is 0 Å². The first-order valence-corrected chi connectivity index (χ1v) is 7.39. The van der Waals surface area contributed by atoms with Gasteiger partial charge in [0.05, 0.1) is 0 Å². The number of nitrogens with two attached hydrogens (primary N) is 1. The van der Waals surface area contributed by atoms with E-state index in [9.17, 15) is 4.79 Å². The Kier molecular flexibility index (Phi) is 4.31. The van der Waals surface area contributed by atoms with Crippen LogP contribution in [0.5, 0.6) is 0 Å². The van der Waals surface area contributed by atoms with Crippen LogP contribution in [0.25, 0.3) is 0 Å². The summed E-state index contributed by atoms with van der Waals surface area (Å²) >= 11 is 0. The molecule has 2 heterocycles. The number of aromatic nitrogens is 1. The quantitative estimate of drug-likeness (QED) is 0.857. The topological polar surface area (TPSA) is 59.2 Å². The second-order valence-corrected chi connectivity index (χ2v) is 6.76. The summed E-state index contributed by atoms with van der Waals surface area (Å²) < 4.78 is 0. The van der Waals surface area contributed by atoms with Gasteiger partial charge in [0.25, 0.3) is 5.91 Å². The molecule has 1 unspecified atom stereocenters. The van der Waals surface area contributed by atoms with Crippen LogP contribution in [0, 0.1) is 11.3 Å². The first-order chi connectivity index (χ1) is 9.38. The van der Waals surface area contributed by atoms with Gasteiger partial charge in [-0.05, 0) is 42.7 Å². The van der Waals surface area contributed by atoms with Crippen LogP contribution in [0.2, 0.25) is 0 Å². The van der Waals surface area contributed by atoms with Gasteiger partial charge in [0.2, 0.25) is 0 Å². The Morgan fingerprint density at radius 2 is 2.10 bits per heavy atom. The predicted molar refractivity (Wildman–Crippen MR) is 81.3 cm³/mol. The van der Waals surface area contributed by atoms with Crippen LogP contribution in [0.4, 0.5) is 5.69 Å². The highest BCUT2D eigenvalue weighted by atomic mass is 16.2. The second kappa shape index (κ2) is 5.81. The van der Waals surface area contributed by atoms with Crippen LogP contribution in [0.3, 0.4) is 0 Å². The average Bonchev–Trinajstić information content (AvgIpc) is 2.63. The van der Waals surface area contributed by atoms with Crippen molar-refractivity contribution in [3.05, 3.63) is 24.0 Å². The molecule has 1 aliphatic rings. The van der Waals surface area contributed by atoms with Crippen molar-refractivity contribution in [3.63, 3.8) is 0 Å². The zero-order valence-electron chi connectivity index (χ0n) is 12.7. The van der Waals surface area contributed by atoms with E-state index in [4.69, 9.17) is 5.73 Å². The third-order valence-corrected chi connectivity index (χ3v) is 4.24. The van der Waals surface area contributed by atoms with Crippen LogP contribution in [-0.4, -0.2) is 28.9 Å². The number of carbonyl (C=O) groups is 1. The summed E-state index contributed by atoms with van der Waals surface area (Å²) in [5.74, 6) is 0.681. The Bertz CT molecular complexity index is 479. The maximum Gasteiger partial charge on any atom is 0.272 e. The molecule has 1 atom stereocenters. The molecule has 0 spiro atoms. The largest absolute Gasteiger partial charge is 0.399 e. The lowest BCUT2D eigenvalue weighted by molar-refractivity contribution is 0.0750. The van der Waals surface area contributed by atoms with Gasteiger partial charge in [-0.2, -0.15) is 0 Å². The van der Waals surface area contributed by atoms with E-state index < -0.39 is 0 Å². The molecule has 1 amide bonds. The lowest BCUT2D eigenvalue weighted by Crippen LogP contribution is -2.33. The molecule has 1 aliphatic heterocycles. The molecule has 1 fully saturated rings. The fourth-order valence-electron chi connectivity index (χ4n) is 2.89. The van der Waals surface area contributed by atoms with Gasteiger partial charge in [-0.25, -0.2) is 0 Å². The lowest BCUT2D eigenvalue weighted by Gasteiger charge is -2.29. The number of carbonyl (C=O) groups excluding carboxylic acids is 1. The maximum atomic E-state index is 12.5. The number of hydrogen-bond acceptors (Lipinski definition) is 3. The summed E-state index contributed by atoms with van der Waals surface area (Å²) in [6.07, 6.45) is 4.92. The molecule has 0 aliphatic carbocycles. The van der Waals surface area contributed by atoms with Crippen molar-refractivity contribution in [2.75, 3.05) is 18.8 Å². The number of nitrogens with zero attached hydrogens (tertiary/aromatic N) is 2. The van der Waals surface area contributed by atoms with Crippen molar-refractivity contribution in [2.24, 2.45) is 11.3 Å². The molecule has 0 aromatic carbocycles. The molecule has 2 rings (SSSR count). The molecule has 20 heavy (non-hydrogen) atoms. The van der Waals surface area contributed by atoms with Crippen LogP contribution in [0.1, 0.15) is 50.5 Å². The SMILES string of the molecule is CC(C)(C)C1CCCN(C(=O)c2cc(N)ccn2)CC1. The van der Waals surface area contributed by atoms with E-state index in [-0.39, 0.29) is 5.91 Å². The van der Waals surface area contributed by atoms with Crippen LogP contribution < -0.4 is 5.73 Å². The van der Waals surface area contributed by atoms with Gasteiger partial charge in [-0.1, -0.05) is 20.8 Å². The van der Waals surface area contributed by atoms with Crippen molar-refractivity contribution in [1.82, 2.24) is 9.88 Å². The molecular formula is C16H25N3O. The van der Waals surface area contributed by atoms with E-state index in [2.05, 4.69) is 25.8 Å². The first kappa shape index (κ1) is 14.8. The molecule has 0 radical (unpaired) electrons. The van der Waals surface area contributed by atoms with E-state index >= 15 is 0 Å². The number of rotatable bonds is 1. The highest BCUT2D eigenvalue weighted by Gasteiger charge is 2.28. The zero-order chi connectivity index (χ0) is 14.8. The highest BCUT2D eigenvalue weighted by molar-refractivity contribution is 5.93. The number of anilines is 1. The van der Waals surface area contributed by atoms with E-state index in [0.29, 0.717) is 22.7 Å². The molecule has 4 nitrogen and oxygen atoms in total. The number of nitrogen functional groups attached to an aromatic ring is 1. The molecule has 4 heteroatoms. The minimum absolute atomic E-state index is 0.00635. The number of amides is 1. The van der Waals surface area contributed by atoms with E-state index in [1.165, 1.54) is 6.42 Å². The fourth-order valence-corrected chi connectivity index (χ4v) is 2.89. The monoisotopic (exact) mass is 275 g/mol. The molecule has 110 valence electrons. The van der Waals surface area contributed by atoms with Crippen molar-refractivity contribution < 1.29 is 4.79 Å². The molecule has 2 N–H and O–H groups in total. The van der Waals surface area contributed by atoms with Crippen molar-refractivity contribution in [2.45, 2.75) is 40.0 Å². The van der Waals surface area contributed by atoms with Crippen LogP contribution in [0.15, 0.2) is 18.3 Å². The van der Waals surface area contributed by atoms with E-state index in [0.717, 1.165) is 25.9 Å². The van der Waals surface area contributed by atoms with Crippen molar-refractivity contribution >= 4 is 11.6 Å². The summed E-state index contributed by atoms with van der Waals surface area (Å²) in [7, 11) is 0. The summed E-state index contributed by atoms with van der Waals surface area (Å²) in [6, 6.07) is 3.36. The van der Waals surface area contributed by atoms with Gasteiger partial charge < -0.3 is 10.6 Å². The minimum atomic E-state index is 0.00635. The third kappa shape index (κ3) is 3.50. The highest BCUT2D eigenvalue weighted by Crippen LogP contribution is 2.34. The minimum Gasteiger partial charge on any atom is -0.399 e. The van der Waals surface area contributed by atoms with E-state index in [1.807, 2.05) is 4.90 Å². The third-order valence-electron chi connectivity index (χ3n) is 4.24. The number of likely N-dealkylation sites (tertiary alicyclic amines) is 1. The standard InChI is InChI=1S/C16H25N3O/c1-16(2,3)12-5-4-9-19(10-7-12)15(20)14-11-13(17)6-8-18-14/h6,8,11-12H,4-5,7,9-10H2,1-3H3,(H2,17,18). The van der Waals surface area contributed by atoms with Crippen molar-refractivity contribution in [1.29, 1.82) is 0 Å². The number of pyridine rings is 1. The van der Waals surface area contributed by atoms with Gasteiger partial charge in [-0.3, -0.25) is 9.78 Å². The Labute approximate surface area is 121 Å². The fraction of sp³-hybridized carbons (Fsp3) is 0.625. The van der Waals surface area contributed by atoms with E-state index in [1.54, 1.807) is 18.3 Å². The summed E-state index contributed by atoms with van der Waals surface area (Å²) in [5, 5.41) is 0. The molecule has 0 bridgehead atoms. The molecule has 1 saturated heterocycles. The summed E-state index contributed by atoms with van der Waals surface area (Å²) in [6.45, 7) is 8.50. The lowest BCUT2D eigenvalue weighted by atomic mass is 9.77. The summed E-state index contributed by atoms with van der Waals surface area (Å²) in [5.41, 5.74) is 7.09. The maximum absolute atomic E-state index is 12.5. The molecule has 1 aromatic rings. The molecular weight excluding hydrogens is 250 g/mol.